The maximum Gasteiger partial charge on any atom is 0.247 e. The van der Waals surface area contributed by atoms with Crippen molar-refractivity contribution in [2.45, 2.75) is 26.4 Å². The lowest BCUT2D eigenvalue weighted by Crippen LogP contribution is -2.51. The number of aryl methyl sites for hydroxylation is 1. The van der Waals surface area contributed by atoms with Gasteiger partial charge in [0.1, 0.15) is 11.8 Å². The van der Waals surface area contributed by atoms with E-state index >= 15 is 0 Å². The Balaban J connectivity index is 1.45. The molecule has 0 aromatic carbocycles. The molecule has 0 aliphatic carbocycles. The number of aromatic nitrogens is 3. The van der Waals surface area contributed by atoms with Crippen molar-refractivity contribution in [3.05, 3.63) is 36.0 Å². The van der Waals surface area contributed by atoms with E-state index in [1.807, 2.05) is 17.9 Å². The fraction of sp³-hybridized carbons (Fsp3) is 0.556. The third-order valence-electron chi connectivity index (χ3n) is 4.82. The van der Waals surface area contributed by atoms with Crippen LogP contribution in [0.4, 0.5) is 0 Å². The van der Waals surface area contributed by atoms with Gasteiger partial charge in [-0.2, -0.15) is 5.10 Å². The summed E-state index contributed by atoms with van der Waals surface area (Å²) in [5.41, 5.74) is 0.908. The average molecular weight is 374 g/mol. The Labute approximate surface area is 158 Å². The molecule has 0 bridgehead atoms. The number of amides is 2. The van der Waals surface area contributed by atoms with Crippen LogP contribution in [-0.4, -0.2) is 81.2 Å². The molecule has 1 fully saturated rings. The van der Waals surface area contributed by atoms with E-state index in [0.29, 0.717) is 13.1 Å². The fourth-order valence-electron chi connectivity index (χ4n) is 3.20. The molecule has 0 saturated carbocycles. The van der Waals surface area contributed by atoms with E-state index in [2.05, 4.69) is 15.2 Å². The maximum absolute atomic E-state index is 12.6. The number of carbonyl (C=O) groups is 2. The van der Waals surface area contributed by atoms with Gasteiger partial charge in [-0.1, -0.05) is 5.16 Å². The molecule has 1 aliphatic heterocycles. The minimum absolute atomic E-state index is 0.0320. The highest BCUT2D eigenvalue weighted by Crippen LogP contribution is 2.11. The summed E-state index contributed by atoms with van der Waals surface area (Å²) in [6.07, 6.45) is 3.38. The molecule has 1 unspecified atom stereocenters. The van der Waals surface area contributed by atoms with Crippen LogP contribution < -0.4 is 0 Å². The van der Waals surface area contributed by atoms with E-state index in [1.54, 1.807) is 37.1 Å². The van der Waals surface area contributed by atoms with Gasteiger partial charge in [0.15, 0.2) is 0 Å². The van der Waals surface area contributed by atoms with Crippen LogP contribution in [0.1, 0.15) is 24.4 Å². The summed E-state index contributed by atoms with van der Waals surface area (Å²) < 4.78 is 6.68. The summed E-state index contributed by atoms with van der Waals surface area (Å²) in [5.74, 6) is 0.637. The molecular weight excluding hydrogens is 348 g/mol. The molecule has 3 rings (SSSR count). The Morgan fingerprint density at radius 3 is 2.63 bits per heavy atom. The van der Waals surface area contributed by atoms with Crippen molar-refractivity contribution in [3.8, 4) is 0 Å². The highest BCUT2D eigenvalue weighted by Gasteiger charge is 2.26. The van der Waals surface area contributed by atoms with Crippen LogP contribution in [0.5, 0.6) is 0 Å². The maximum atomic E-state index is 12.6. The fourth-order valence-corrected chi connectivity index (χ4v) is 3.20. The first kappa shape index (κ1) is 19.1. The Bertz CT molecular complexity index is 764. The van der Waals surface area contributed by atoms with Crippen molar-refractivity contribution in [2.75, 3.05) is 39.8 Å². The van der Waals surface area contributed by atoms with Gasteiger partial charge in [-0.3, -0.25) is 19.2 Å². The third kappa shape index (κ3) is 4.73. The molecule has 0 N–H and O–H groups in total. The summed E-state index contributed by atoms with van der Waals surface area (Å²) >= 11 is 0. The molecule has 1 aliphatic rings. The molecule has 0 spiro atoms. The molecule has 2 amide bonds. The highest BCUT2D eigenvalue weighted by atomic mass is 16.5. The number of rotatable bonds is 6. The lowest BCUT2D eigenvalue weighted by atomic mass is 10.2. The topological polar surface area (TPSA) is 87.7 Å². The quantitative estimate of drug-likeness (QED) is 0.734. The van der Waals surface area contributed by atoms with E-state index in [9.17, 15) is 9.59 Å². The summed E-state index contributed by atoms with van der Waals surface area (Å²) in [7, 11) is 1.66. The second kappa shape index (κ2) is 8.34. The molecule has 9 heteroatoms. The Hall–Kier alpha value is -2.68. The van der Waals surface area contributed by atoms with Gasteiger partial charge >= 0.3 is 0 Å². The molecule has 2 aromatic heterocycles. The standard InChI is InChI=1S/C18H26N6O3/c1-14-11-16(20-27-14)12-22-7-9-23(10-8-22)17(25)13-21(3)18(26)15(2)24-6-4-5-19-24/h4-6,11,15H,7-10,12-13H2,1-3H3. The van der Waals surface area contributed by atoms with E-state index in [1.165, 1.54) is 4.90 Å². The molecule has 3 heterocycles. The molecule has 9 nitrogen and oxygen atoms in total. The Morgan fingerprint density at radius 1 is 1.30 bits per heavy atom. The normalized spacial score (nSPS) is 16.3. The van der Waals surface area contributed by atoms with Gasteiger partial charge in [0, 0.05) is 58.2 Å². The monoisotopic (exact) mass is 374 g/mol. The number of hydrogen-bond acceptors (Lipinski definition) is 6. The molecule has 0 radical (unpaired) electrons. The van der Waals surface area contributed by atoms with Crippen LogP contribution in [0.25, 0.3) is 0 Å². The lowest BCUT2D eigenvalue weighted by Gasteiger charge is -2.35. The van der Waals surface area contributed by atoms with Crippen LogP contribution in [0.15, 0.2) is 29.0 Å². The smallest absolute Gasteiger partial charge is 0.247 e. The van der Waals surface area contributed by atoms with Crippen LogP contribution in [0.3, 0.4) is 0 Å². The average Bonchev–Trinajstić information content (AvgIpc) is 3.33. The molecule has 27 heavy (non-hydrogen) atoms. The summed E-state index contributed by atoms with van der Waals surface area (Å²) in [6, 6.07) is 3.27. The molecule has 146 valence electrons. The first-order chi connectivity index (χ1) is 12.9. The molecule has 1 saturated heterocycles. The largest absolute Gasteiger partial charge is 0.361 e. The first-order valence-corrected chi connectivity index (χ1v) is 9.10. The van der Waals surface area contributed by atoms with Gasteiger partial charge in [0.25, 0.3) is 0 Å². The minimum atomic E-state index is -0.430. The minimum Gasteiger partial charge on any atom is -0.361 e. The SMILES string of the molecule is Cc1cc(CN2CCN(C(=O)CN(C)C(=O)C(C)n3cccn3)CC2)no1. The number of nitrogens with zero attached hydrogens (tertiary/aromatic N) is 6. The van der Waals surface area contributed by atoms with Crippen LogP contribution in [0.2, 0.25) is 0 Å². The molecular formula is C18H26N6O3. The van der Waals surface area contributed by atoms with Crippen molar-refractivity contribution in [2.24, 2.45) is 0 Å². The van der Waals surface area contributed by atoms with Crippen molar-refractivity contribution >= 4 is 11.8 Å². The molecule has 1 atom stereocenters. The molecule has 2 aromatic rings. The van der Waals surface area contributed by atoms with Crippen molar-refractivity contribution in [1.82, 2.24) is 29.6 Å². The first-order valence-electron chi connectivity index (χ1n) is 9.10. The Kier molecular flexibility index (Phi) is 5.90. The van der Waals surface area contributed by atoms with Gasteiger partial charge in [0.2, 0.25) is 11.8 Å². The predicted octanol–water partition coefficient (Wildman–Crippen LogP) is 0.543. The van der Waals surface area contributed by atoms with Crippen LogP contribution in [-0.2, 0) is 16.1 Å². The van der Waals surface area contributed by atoms with Crippen LogP contribution in [0, 0.1) is 6.92 Å². The second-order valence-electron chi connectivity index (χ2n) is 6.94. The third-order valence-corrected chi connectivity index (χ3v) is 4.82. The van der Waals surface area contributed by atoms with Crippen molar-refractivity contribution in [1.29, 1.82) is 0 Å². The van der Waals surface area contributed by atoms with Gasteiger partial charge in [-0.15, -0.1) is 0 Å². The summed E-state index contributed by atoms with van der Waals surface area (Å²) in [6.45, 7) is 7.29. The van der Waals surface area contributed by atoms with Crippen molar-refractivity contribution < 1.29 is 14.1 Å². The zero-order valence-electron chi connectivity index (χ0n) is 16.0. The van der Waals surface area contributed by atoms with Gasteiger partial charge < -0.3 is 14.3 Å². The van der Waals surface area contributed by atoms with Gasteiger partial charge in [-0.25, -0.2) is 0 Å². The van der Waals surface area contributed by atoms with Crippen LogP contribution >= 0.6 is 0 Å². The number of hydrogen-bond donors (Lipinski definition) is 0. The number of piperazine rings is 1. The zero-order chi connectivity index (χ0) is 19.4. The number of likely N-dealkylation sites (N-methyl/N-ethyl adjacent to an activating group) is 1. The van der Waals surface area contributed by atoms with E-state index in [0.717, 1.165) is 31.1 Å². The Morgan fingerprint density at radius 2 is 2.04 bits per heavy atom. The van der Waals surface area contributed by atoms with Crippen molar-refractivity contribution in [3.63, 3.8) is 0 Å². The lowest BCUT2D eigenvalue weighted by molar-refractivity contribution is -0.142. The van der Waals surface area contributed by atoms with E-state index < -0.39 is 6.04 Å². The highest BCUT2D eigenvalue weighted by molar-refractivity contribution is 5.86. The summed E-state index contributed by atoms with van der Waals surface area (Å²) in [5, 5.41) is 8.10. The summed E-state index contributed by atoms with van der Waals surface area (Å²) in [4.78, 5) is 30.6. The van der Waals surface area contributed by atoms with E-state index in [4.69, 9.17) is 4.52 Å². The zero-order valence-corrected chi connectivity index (χ0v) is 16.0. The van der Waals surface area contributed by atoms with Gasteiger partial charge in [-0.05, 0) is 19.9 Å². The van der Waals surface area contributed by atoms with E-state index in [-0.39, 0.29) is 18.4 Å². The predicted molar refractivity (Wildman–Crippen MR) is 97.7 cm³/mol. The van der Waals surface area contributed by atoms with Gasteiger partial charge in [0.05, 0.1) is 12.2 Å². The number of carbonyl (C=O) groups excluding carboxylic acids is 2. The second-order valence-corrected chi connectivity index (χ2v) is 6.94.